The number of thiophene rings is 1. The molecule has 1 amide bonds. The van der Waals surface area contributed by atoms with Crippen molar-refractivity contribution in [2.75, 3.05) is 18.4 Å². The summed E-state index contributed by atoms with van der Waals surface area (Å²) in [5.74, 6) is 2.86. The van der Waals surface area contributed by atoms with Crippen LogP contribution in [0, 0.1) is 0 Å². The number of aromatic nitrogens is 4. The van der Waals surface area contributed by atoms with Gasteiger partial charge in [0, 0.05) is 65.7 Å². The summed E-state index contributed by atoms with van der Waals surface area (Å²) in [5, 5.41) is 5.99. The molecular weight excluding hydrogens is 525 g/mol. The predicted octanol–water partition coefficient (Wildman–Crippen LogP) is 6.57. The van der Waals surface area contributed by atoms with E-state index in [9.17, 15) is 4.79 Å². The van der Waals surface area contributed by atoms with Gasteiger partial charge in [-0.15, -0.1) is 11.3 Å². The van der Waals surface area contributed by atoms with Crippen molar-refractivity contribution in [2.24, 2.45) is 0 Å². The van der Waals surface area contributed by atoms with Crippen LogP contribution in [0.15, 0.2) is 76.1 Å². The maximum Gasteiger partial charge on any atom is 0.219 e. The molecule has 1 saturated heterocycles. The minimum absolute atomic E-state index is 0.0903. The molecule has 37 heavy (non-hydrogen) atoms. The molecule has 1 aromatic carbocycles. The van der Waals surface area contributed by atoms with E-state index >= 15 is 0 Å². The standard InChI is InChI=1S/C26H22N6O2S3/c1-16(33)32-11-8-17(15-32)24-29-26(37-31-24)30-25-21(34-18-5-3-2-4-6-18)13-19(14-28-25)36-22-7-10-27-20-9-12-35-23(20)22/h2-7,9-10,12-14,17H,8,11,15H2,1H3,(H,28,29,30,31). The lowest BCUT2D eigenvalue weighted by molar-refractivity contribution is -0.127. The summed E-state index contributed by atoms with van der Waals surface area (Å²) in [6.45, 7) is 3.00. The highest BCUT2D eigenvalue weighted by Gasteiger charge is 2.28. The van der Waals surface area contributed by atoms with Gasteiger partial charge in [0.15, 0.2) is 11.6 Å². The fourth-order valence-electron chi connectivity index (χ4n) is 4.14. The second-order valence-corrected chi connectivity index (χ2v) is 11.3. The van der Waals surface area contributed by atoms with Gasteiger partial charge < -0.3 is 15.0 Å². The second-order valence-electron chi connectivity index (χ2n) is 8.51. The van der Waals surface area contributed by atoms with Crippen LogP contribution in [-0.2, 0) is 4.79 Å². The molecule has 186 valence electrons. The summed E-state index contributed by atoms with van der Waals surface area (Å²) in [7, 11) is 0. The number of ether oxygens (including phenoxy) is 1. The van der Waals surface area contributed by atoms with Crippen LogP contribution >= 0.6 is 34.6 Å². The molecule has 1 fully saturated rings. The van der Waals surface area contributed by atoms with Gasteiger partial charge in [0.25, 0.3) is 0 Å². The Morgan fingerprint density at radius 1 is 1.19 bits per heavy atom. The molecule has 5 aromatic rings. The minimum Gasteiger partial charge on any atom is -0.453 e. The smallest absolute Gasteiger partial charge is 0.219 e. The normalized spacial score (nSPS) is 15.3. The van der Waals surface area contributed by atoms with Crippen molar-refractivity contribution in [1.29, 1.82) is 0 Å². The number of carbonyl (C=O) groups is 1. The number of hydrogen-bond acceptors (Lipinski definition) is 10. The summed E-state index contributed by atoms with van der Waals surface area (Å²) in [6, 6.07) is 15.7. The Balaban J connectivity index is 1.26. The first-order valence-corrected chi connectivity index (χ1v) is 14.2. The Kier molecular flexibility index (Phi) is 6.73. The zero-order valence-corrected chi connectivity index (χ0v) is 22.3. The quantitative estimate of drug-likeness (QED) is 0.245. The summed E-state index contributed by atoms with van der Waals surface area (Å²) in [6.07, 6.45) is 4.53. The minimum atomic E-state index is 0.0903. The van der Waals surface area contributed by atoms with Crippen LogP contribution in [0.25, 0.3) is 10.2 Å². The van der Waals surface area contributed by atoms with Gasteiger partial charge in [-0.3, -0.25) is 9.78 Å². The van der Waals surface area contributed by atoms with E-state index in [-0.39, 0.29) is 11.8 Å². The van der Waals surface area contributed by atoms with Crippen molar-refractivity contribution < 1.29 is 9.53 Å². The number of para-hydroxylation sites is 1. The van der Waals surface area contributed by atoms with Crippen molar-refractivity contribution in [3.05, 3.63) is 72.1 Å². The van der Waals surface area contributed by atoms with E-state index in [0.717, 1.165) is 38.8 Å². The summed E-state index contributed by atoms with van der Waals surface area (Å²) in [4.78, 5) is 29.4. The van der Waals surface area contributed by atoms with Gasteiger partial charge in [0.1, 0.15) is 11.6 Å². The number of anilines is 2. The van der Waals surface area contributed by atoms with E-state index in [2.05, 4.69) is 20.1 Å². The first-order chi connectivity index (χ1) is 18.1. The van der Waals surface area contributed by atoms with E-state index < -0.39 is 0 Å². The molecule has 6 rings (SSSR count). The van der Waals surface area contributed by atoms with Crippen molar-refractivity contribution in [3.63, 3.8) is 0 Å². The molecule has 0 radical (unpaired) electrons. The Labute approximate surface area is 225 Å². The van der Waals surface area contributed by atoms with Gasteiger partial charge in [0.05, 0.1) is 10.2 Å². The maximum atomic E-state index is 11.7. The Morgan fingerprint density at radius 3 is 2.92 bits per heavy atom. The van der Waals surface area contributed by atoms with E-state index in [1.807, 2.05) is 65.8 Å². The SMILES string of the molecule is CC(=O)N1CCC(c2nsc(Nc3ncc(Sc4ccnc5ccsc45)cc3Oc3ccccc3)n2)C1. The number of carbonyl (C=O) groups excluding carboxylic acids is 1. The molecule has 0 spiro atoms. The molecule has 4 aromatic heterocycles. The van der Waals surface area contributed by atoms with E-state index in [0.29, 0.717) is 29.0 Å². The molecule has 0 bridgehead atoms. The number of likely N-dealkylation sites (tertiary alicyclic amines) is 1. The molecule has 1 N–H and O–H groups in total. The molecule has 1 aliphatic heterocycles. The zero-order valence-electron chi connectivity index (χ0n) is 19.8. The topological polar surface area (TPSA) is 93.1 Å². The van der Waals surface area contributed by atoms with E-state index in [4.69, 9.17) is 14.7 Å². The van der Waals surface area contributed by atoms with Crippen LogP contribution in [0.1, 0.15) is 25.1 Å². The molecule has 1 atom stereocenters. The van der Waals surface area contributed by atoms with Crippen LogP contribution in [0.3, 0.4) is 0 Å². The first-order valence-electron chi connectivity index (χ1n) is 11.7. The highest BCUT2D eigenvalue weighted by Crippen LogP contribution is 2.39. The molecule has 0 aliphatic carbocycles. The summed E-state index contributed by atoms with van der Waals surface area (Å²) in [5.41, 5.74) is 0.989. The van der Waals surface area contributed by atoms with Crippen molar-refractivity contribution >= 4 is 61.7 Å². The molecule has 5 heterocycles. The van der Waals surface area contributed by atoms with Gasteiger partial charge >= 0.3 is 0 Å². The van der Waals surface area contributed by atoms with Crippen molar-refractivity contribution in [1.82, 2.24) is 24.2 Å². The molecule has 1 aliphatic rings. The number of fused-ring (bicyclic) bond motifs is 1. The summed E-state index contributed by atoms with van der Waals surface area (Å²) >= 11 is 4.59. The molecular formula is C26H22N6O2S3. The van der Waals surface area contributed by atoms with Gasteiger partial charge in [0.2, 0.25) is 11.0 Å². The number of nitrogens with zero attached hydrogens (tertiary/aromatic N) is 5. The van der Waals surface area contributed by atoms with Crippen LogP contribution in [0.4, 0.5) is 10.9 Å². The lowest BCUT2D eigenvalue weighted by Crippen LogP contribution is -2.25. The van der Waals surface area contributed by atoms with Crippen LogP contribution in [0.5, 0.6) is 11.5 Å². The number of amides is 1. The third kappa shape index (κ3) is 5.29. The number of nitrogens with one attached hydrogen (secondary N) is 1. The third-order valence-electron chi connectivity index (χ3n) is 6.00. The largest absolute Gasteiger partial charge is 0.453 e. The summed E-state index contributed by atoms with van der Waals surface area (Å²) < 4.78 is 11.9. The van der Waals surface area contributed by atoms with Crippen LogP contribution < -0.4 is 10.1 Å². The highest BCUT2D eigenvalue weighted by molar-refractivity contribution is 7.99. The van der Waals surface area contributed by atoms with E-state index in [1.54, 1.807) is 30.0 Å². The molecule has 0 saturated carbocycles. The monoisotopic (exact) mass is 546 g/mol. The highest BCUT2D eigenvalue weighted by atomic mass is 32.2. The molecule has 8 nitrogen and oxygen atoms in total. The average Bonchev–Trinajstić information content (AvgIpc) is 3.67. The maximum absolute atomic E-state index is 11.7. The zero-order chi connectivity index (χ0) is 25.2. The van der Waals surface area contributed by atoms with Gasteiger partial charge in [-0.25, -0.2) is 9.97 Å². The van der Waals surface area contributed by atoms with Crippen LogP contribution in [0.2, 0.25) is 0 Å². The predicted molar refractivity (Wildman–Crippen MR) is 147 cm³/mol. The number of hydrogen-bond donors (Lipinski definition) is 1. The van der Waals surface area contributed by atoms with Crippen LogP contribution in [-0.4, -0.2) is 43.2 Å². The Morgan fingerprint density at radius 2 is 2.08 bits per heavy atom. The average molecular weight is 547 g/mol. The fourth-order valence-corrected chi connectivity index (χ4v) is 6.66. The fraction of sp³-hybridized carbons (Fsp3) is 0.192. The first kappa shape index (κ1) is 23.8. The van der Waals surface area contributed by atoms with E-state index in [1.165, 1.54) is 11.5 Å². The number of benzene rings is 1. The van der Waals surface area contributed by atoms with Crippen molar-refractivity contribution in [3.8, 4) is 11.5 Å². The Hall–Kier alpha value is -3.54. The van der Waals surface area contributed by atoms with Gasteiger partial charge in [-0.05, 0) is 36.1 Å². The van der Waals surface area contributed by atoms with Gasteiger partial charge in [-0.2, -0.15) is 4.37 Å². The lowest BCUT2D eigenvalue weighted by atomic mass is 10.1. The lowest BCUT2D eigenvalue weighted by Gasteiger charge is -2.13. The second kappa shape index (κ2) is 10.4. The number of pyridine rings is 2. The third-order valence-corrected chi connectivity index (χ3v) is 8.73. The van der Waals surface area contributed by atoms with Crippen molar-refractivity contribution in [2.45, 2.75) is 29.1 Å². The number of rotatable bonds is 7. The Bertz CT molecular complexity index is 1550. The molecule has 1 unspecified atom stereocenters. The van der Waals surface area contributed by atoms with Gasteiger partial charge in [-0.1, -0.05) is 30.0 Å². The molecule has 11 heteroatoms.